The predicted molar refractivity (Wildman–Crippen MR) is 173 cm³/mol. The summed E-state index contributed by atoms with van der Waals surface area (Å²) in [7, 11) is 1.73. The number of hydrogen-bond donors (Lipinski definition) is 1. The van der Waals surface area contributed by atoms with Gasteiger partial charge in [-0.1, -0.05) is 12.1 Å². The molecule has 0 saturated heterocycles. The summed E-state index contributed by atoms with van der Waals surface area (Å²) in [5, 5.41) is 13.8. The fourth-order valence-electron chi connectivity index (χ4n) is 8.21. The van der Waals surface area contributed by atoms with Crippen LogP contribution in [0.4, 0.5) is 5.82 Å². The van der Waals surface area contributed by atoms with Crippen molar-refractivity contribution in [1.82, 2.24) is 19.7 Å². The van der Waals surface area contributed by atoms with Crippen LogP contribution in [-0.4, -0.2) is 50.4 Å². The number of nitrogens with zero attached hydrogens (tertiary/aromatic N) is 5. The Bertz CT molecular complexity index is 1520. The molecule has 240 valence electrons. The third kappa shape index (κ3) is 6.36. The Kier molecular flexibility index (Phi) is 8.72. The van der Waals surface area contributed by atoms with Crippen molar-refractivity contribution in [2.24, 2.45) is 17.3 Å². The fraction of sp³-hybridized carbons (Fsp3) is 0.583. The number of benzene rings is 1. The number of hydrogen-bond acceptors (Lipinski definition) is 6. The van der Waals surface area contributed by atoms with Crippen molar-refractivity contribution >= 4 is 17.7 Å². The molecule has 4 aliphatic rings. The van der Waals surface area contributed by atoms with Crippen LogP contribution in [0.5, 0.6) is 5.75 Å². The number of fused-ring (bicyclic) bond motifs is 3. The van der Waals surface area contributed by atoms with Crippen molar-refractivity contribution in [3.8, 4) is 17.0 Å². The summed E-state index contributed by atoms with van der Waals surface area (Å²) in [6.07, 6.45) is 17.0. The maximum Gasteiger partial charge on any atom is 0.303 e. The minimum atomic E-state index is -0.756. The van der Waals surface area contributed by atoms with E-state index in [1.54, 1.807) is 19.5 Å². The van der Waals surface area contributed by atoms with E-state index in [-0.39, 0.29) is 41.0 Å². The van der Waals surface area contributed by atoms with Gasteiger partial charge in [-0.15, -0.1) is 0 Å². The molecule has 2 aromatic heterocycles. The number of carbonyl (C=O) groups is 2. The molecule has 45 heavy (non-hydrogen) atoms. The van der Waals surface area contributed by atoms with E-state index < -0.39 is 5.97 Å². The van der Waals surface area contributed by atoms with Crippen LogP contribution in [0.25, 0.3) is 11.3 Å². The second-order valence-corrected chi connectivity index (χ2v) is 14.3. The smallest absolute Gasteiger partial charge is 0.303 e. The molecule has 2 bridgehead atoms. The lowest BCUT2D eigenvalue weighted by molar-refractivity contribution is -0.138. The fourth-order valence-corrected chi connectivity index (χ4v) is 8.21. The zero-order valence-electron chi connectivity index (χ0n) is 27.2. The van der Waals surface area contributed by atoms with Gasteiger partial charge in [0.05, 0.1) is 31.4 Å². The largest absolute Gasteiger partial charge is 0.496 e. The van der Waals surface area contributed by atoms with Crippen molar-refractivity contribution in [2.75, 3.05) is 18.6 Å². The van der Waals surface area contributed by atoms with Gasteiger partial charge in [0.15, 0.2) is 5.82 Å². The van der Waals surface area contributed by atoms with Gasteiger partial charge in [0.1, 0.15) is 5.75 Å². The maximum absolute atomic E-state index is 14.4. The van der Waals surface area contributed by atoms with Gasteiger partial charge in [-0.2, -0.15) is 5.10 Å². The molecule has 1 amide bonds. The number of amides is 1. The number of ether oxygens (including phenoxy) is 1. The van der Waals surface area contributed by atoms with E-state index in [4.69, 9.17) is 9.72 Å². The van der Waals surface area contributed by atoms with Crippen LogP contribution in [0.3, 0.4) is 0 Å². The van der Waals surface area contributed by atoms with Gasteiger partial charge < -0.3 is 9.84 Å². The minimum absolute atomic E-state index is 0.0413. The molecule has 0 atom stereocenters. The van der Waals surface area contributed by atoms with Crippen LogP contribution in [0.1, 0.15) is 102 Å². The molecule has 1 N–H and O–H groups in total. The number of carbonyl (C=O) groups excluding carboxylic acids is 1. The van der Waals surface area contributed by atoms with E-state index in [2.05, 4.69) is 49.1 Å². The number of aryl methyl sites for hydroxylation is 1. The van der Waals surface area contributed by atoms with Gasteiger partial charge in [0, 0.05) is 36.7 Å². The number of aromatic nitrogens is 4. The molecule has 0 unspecified atom stereocenters. The first-order valence-electron chi connectivity index (χ1n) is 16.7. The molecule has 1 aromatic carbocycles. The highest BCUT2D eigenvalue weighted by Gasteiger charge is 2.51. The Morgan fingerprint density at radius 3 is 2.36 bits per heavy atom. The lowest BCUT2D eigenvalue weighted by atomic mass is 9.51. The Morgan fingerprint density at radius 1 is 1.04 bits per heavy atom. The molecule has 0 radical (unpaired) electrons. The van der Waals surface area contributed by atoms with Crippen molar-refractivity contribution in [3.63, 3.8) is 0 Å². The summed E-state index contributed by atoms with van der Waals surface area (Å²) < 4.78 is 7.43. The molecule has 0 aliphatic heterocycles. The molecule has 4 aliphatic carbocycles. The molecular weight excluding hydrogens is 566 g/mol. The van der Waals surface area contributed by atoms with Crippen LogP contribution in [0, 0.1) is 24.2 Å². The summed E-state index contributed by atoms with van der Waals surface area (Å²) in [4.78, 5) is 37.3. The molecule has 9 nitrogen and oxygen atoms in total. The maximum atomic E-state index is 14.4. The van der Waals surface area contributed by atoms with E-state index >= 15 is 0 Å². The van der Waals surface area contributed by atoms with Crippen LogP contribution in [-0.2, 0) is 15.0 Å². The number of anilines is 1. The summed E-state index contributed by atoms with van der Waals surface area (Å²) in [5.74, 6) is 0.899. The SMILES string of the molecule is COc1ccc(C23CCC(CN(c4cncc(-c5cnn(C(C)C)c5)n4)C(=O)[C@H]4CC[C@H](CC(=O)O)CC4)(CC2)CC3)cc1C. The first kappa shape index (κ1) is 31.2. The molecule has 9 heteroatoms. The highest BCUT2D eigenvalue weighted by Crippen LogP contribution is 2.58. The summed E-state index contributed by atoms with van der Waals surface area (Å²) in [6, 6.07) is 6.91. The molecule has 4 saturated carbocycles. The first-order valence-corrected chi connectivity index (χ1v) is 16.7. The van der Waals surface area contributed by atoms with Crippen LogP contribution < -0.4 is 9.64 Å². The standard InChI is InChI=1S/C36H47N5O4/c1-24(2)41-22-28(19-38-41)30-20-37-21-32(39-30)40(34(44)27-7-5-26(6-8-27)18-33(42)43)23-35-11-14-36(15-12-35,16-13-35)29-9-10-31(45-4)25(3)17-29/h9-10,17,19-22,24,26-27H,5-8,11-16,18,23H2,1-4H3,(H,42,43)/t26-,27-,35?,36?. The molecule has 0 spiro atoms. The number of aliphatic carboxylic acids is 1. The summed E-state index contributed by atoms with van der Waals surface area (Å²) >= 11 is 0. The lowest BCUT2D eigenvalue weighted by Gasteiger charge is -2.55. The molecule has 2 heterocycles. The number of carboxylic acids is 1. The third-order valence-electron chi connectivity index (χ3n) is 11.2. The second kappa shape index (κ2) is 12.6. The molecule has 4 fully saturated rings. The Morgan fingerprint density at radius 2 is 1.76 bits per heavy atom. The monoisotopic (exact) mass is 613 g/mol. The number of carboxylic acid groups (broad SMARTS) is 1. The van der Waals surface area contributed by atoms with E-state index in [0.717, 1.165) is 62.7 Å². The molecule has 3 aromatic rings. The third-order valence-corrected chi connectivity index (χ3v) is 11.2. The molecule has 7 rings (SSSR count). The van der Waals surface area contributed by atoms with Gasteiger partial charge in [0.25, 0.3) is 0 Å². The first-order chi connectivity index (χ1) is 21.6. The minimum Gasteiger partial charge on any atom is -0.496 e. The zero-order valence-corrected chi connectivity index (χ0v) is 27.2. The average molecular weight is 614 g/mol. The molecular formula is C36H47N5O4. The van der Waals surface area contributed by atoms with Gasteiger partial charge >= 0.3 is 5.97 Å². The van der Waals surface area contributed by atoms with Gasteiger partial charge in [-0.25, -0.2) is 4.98 Å². The quantitative estimate of drug-likeness (QED) is 0.259. The van der Waals surface area contributed by atoms with Crippen LogP contribution in [0.2, 0.25) is 0 Å². The Hall–Kier alpha value is -3.75. The lowest BCUT2D eigenvalue weighted by Crippen LogP contribution is -2.52. The van der Waals surface area contributed by atoms with Gasteiger partial charge in [-0.05, 0) is 119 Å². The van der Waals surface area contributed by atoms with Gasteiger partial charge in [0.2, 0.25) is 5.91 Å². The summed E-state index contributed by atoms with van der Waals surface area (Å²) in [6.45, 7) is 6.93. The van der Waals surface area contributed by atoms with E-state index in [1.165, 1.54) is 11.1 Å². The normalized spacial score (nSPS) is 26.2. The van der Waals surface area contributed by atoms with Crippen LogP contribution in [0.15, 0.2) is 43.0 Å². The summed E-state index contributed by atoms with van der Waals surface area (Å²) in [5.41, 5.74) is 4.42. The predicted octanol–water partition coefficient (Wildman–Crippen LogP) is 7.14. The van der Waals surface area contributed by atoms with E-state index in [1.807, 2.05) is 22.0 Å². The number of rotatable bonds is 10. The highest BCUT2D eigenvalue weighted by molar-refractivity contribution is 5.94. The number of methoxy groups -OCH3 is 1. The highest BCUT2D eigenvalue weighted by atomic mass is 16.5. The second-order valence-electron chi connectivity index (χ2n) is 14.3. The van der Waals surface area contributed by atoms with Crippen molar-refractivity contribution in [3.05, 3.63) is 54.1 Å². The Balaban J connectivity index is 1.25. The van der Waals surface area contributed by atoms with Crippen molar-refractivity contribution in [2.45, 2.75) is 103 Å². The Labute approximate surface area is 266 Å². The van der Waals surface area contributed by atoms with E-state index in [9.17, 15) is 14.7 Å². The van der Waals surface area contributed by atoms with Crippen molar-refractivity contribution in [1.29, 1.82) is 0 Å². The average Bonchev–Trinajstić information content (AvgIpc) is 3.56. The van der Waals surface area contributed by atoms with Crippen LogP contribution >= 0.6 is 0 Å². The topological polar surface area (TPSA) is 110 Å². The van der Waals surface area contributed by atoms with Crippen molar-refractivity contribution < 1.29 is 19.4 Å². The zero-order chi connectivity index (χ0) is 31.8. The van der Waals surface area contributed by atoms with Gasteiger partial charge in [-0.3, -0.25) is 24.2 Å². The van der Waals surface area contributed by atoms with E-state index in [0.29, 0.717) is 30.9 Å².